The fourth-order valence-electron chi connectivity index (χ4n) is 9.09. The molecule has 1 heterocycles. The smallest absolute Gasteiger partial charge is 0.143 e. The van der Waals surface area contributed by atoms with Crippen LogP contribution in [0.15, 0.2) is 174 Å². The lowest BCUT2D eigenvalue weighted by atomic mass is 9.86. The predicted molar refractivity (Wildman–Crippen MR) is 218 cm³/mol. The van der Waals surface area contributed by atoms with Gasteiger partial charge in [-0.05, 0) is 117 Å². The largest absolute Gasteiger partial charge is 0.455 e. The van der Waals surface area contributed by atoms with Crippen LogP contribution in [0.25, 0.3) is 120 Å². The van der Waals surface area contributed by atoms with Crippen LogP contribution in [-0.2, 0) is 0 Å². The van der Waals surface area contributed by atoms with Gasteiger partial charge in [-0.1, -0.05) is 146 Å². The molecule has 0 saturated heterocycles. The van der Waals surface area contributed by atoms with Gasteiger partial charge in [0.1, 0.15) is 11.2 Å². The van der Waals surface area contributed by atoms with E-state index in [9.17, 15) is 0 Å². The van der Waals surface area contributed by atoms with Crippen LogP contribution in [0.1, 0.15) is 0 Å². The lowest BCUT2D eigenvalue weighted by Crippen LogP contribution is -1.90. The Bertz CT molecular complexity index is 3400. The second-order valence-electron chi connectivity index (χ2n) is 14.0. The first-order valence-electron chi connectivity index (χ1n) is 17.7. The van der Waals surface area contributed by atoms with Crippen molar-refractivity contribution in [1.82, 2.24) is 0 Å². The van der Waals surface area contributed by atoms with Crippen LogP contribution in [0.4, 0.5) is 0 Å². The summed E-state index contributed by atoms with van der Waals surface area (Å²) in [5.74, 6) is 0. The van der Waals surface area contributed by atoms with Gasteiger partial charge in [-0.15, -0.1) is 0 Å². The predicted octanol–water partition coefficient (Wildman–Crippen LogP) is 14.4. The Morgan fingerprint density at radius 3 is 1.71 bits per heavy atom. The molecule has 1 heteroatoms. The van der Waals surface area contributed by atoms with Gasteiger partial charge in [-0.25, -0.2) is 0 Å². The summed E-state index contributed by atoms with van der Waals surface area (Å²) in [6.07, 6.45) is 0. The van der Waals surface area contributed by atoms with Crippen LogP contribution >= 0.6 is 0 Å². The normalized spacial score (nSPS) is 12.3. The van der Waals surface area contributed by atoms with Gasteiger partial charge in [0.15, 0.2) is 0 Å². The van der Waals surface area contributed by atoms with Gasteiger partial charge in [-0.2, -0.15) is 0 Å². The topological polar surface area (TPSA) is 13.1 Å². The van der Waals surface area contributed by atoms with E-state index in [-0.39, 0.29) is 0 Å². The van der Waals surface area contributed by atoms with E-state index in [4.69, 9.17) is 4.42 Å². The molecule has 0 radical (unpaired) electrons. The molecule has 0 aliphatic carbocycles. The van der Waals surface area contributed by atoms with Gasteiger partial charge < -0.3 is 4.42 Å². The summed E-state index contributed by atoms with van der Waals surface area (Å²) in [5, 5.41) is 19.9. The van der Waals surface area contributed by atoms with Crippen LogP contribution in [0, 0.1) is 0 Å². The van der Waals surface area contributed by atoms with E-state index in [1.54, 1.807) is 0 Å². The van der Waals surface area contributed by atoms with Gasteiger partial charge in [0, 0.05) is 16.2 Å². The minimum atomic E-state index is 0.905. The summed E-state index contributed by atoms with van der Waals surface area (Å²) in [4.78, 5) is 0. The summed E-state index contributed by atoms with van der Waals surface area (Å²) in [6.45, 7) is 0. The molecule has 0 bridgehead atoms. The van der Waals surface area contributed by atoms with E-state index in [1.807, 2.05) is 0 Å². The molecule has 0 spiro atoms. The molecule has 0 aliphatic rings. The second-order valence-corrected chi connectivity index (χ2v) is 14.0. The van der Waals surface area contributed by atoms with Crippen LogP contribution in [-0.4, -0.2) is 0 Å². The van der Waals surface area contributed by atoms with Crippen LogP contribution in [0.2, 0.25) is 0 Å². The van der Waals surface area contributed by atoms with Gasteiger partial charge in [-0.3, -0.25) is 0 Å². The van der Waals surface area contributed by atoms with Crippen molar-refractivity contribution in [2.75, 3.05) is 0 Å². The first-order valence-corrected chi connectivity index (χ1v) is 17.7. The van der Waals surface area contributed by atoms with Crippen molar-refractivity contribution in [3.8, 4) is 22.3 Å². The highest BCUT2D eigenvalue weighted by Crippen LogP contribution is 2.47. The van der Waals surface area contributed by atoms with Crippen molar-refractivity contribution in [3.63, 3.8) is 0 Å². The average Bonchev–Trinajstić information content (AvgIpc) is 3.58. The standard InChI is InChI=1S/C50H28O/c1-3-12-36-29(8-1)16-19-34-26-43(38-14-5-6-15-40(38)47(34)36)35-27-44(49-42-25-20-30-9-2-4-13-37(30)50(42)51-45(49)28-35)39-23-21-33-18-17-31-10-7-11-32-22-24-41(39)48(33)46(31)32/h1-28H. The zero-order chi connectivity index (χ0) is 33.2. The van der Waals surface area contributed by atoms with Crippen molar-refractivity contribution >= 4 is 97.3 Å². The fourth-order valence-corrected chi connectivity index (χ4v) is 9.09. The molecule has 0 amide bonds. The van der Waals surface area contributed by atoms with Crippen molar-refractivity contribution in [3.05, 3.63) is 170 Å². The molecular weight excluding hydrogens is 617 g/mol. The number of rotatable bonds is 2. The SMILES string of the molecule is c1ccc2c(c1)ccc1c2oc2cc(-c3cc4ccc5ccccc5c4c4ccccc34)cc(-c3ccc4ccc5cccc6ccc3c4c56)c21. The molecule has 12 rings (SSSR count). The first kappa shape index (κ1) is 27.2. The minimum Gasteiger partial charge on any atom is -0.455 e. The zero-order valence-corrected chi connectivity index (χ0v) is 27.6. The van der Waals surface area contributed by atoms with E-state index in [0.717, 1.165) is 32.9 Å². The lowest BCUT2D eigenvalue weighted by Gasteiger charge is -2.17. The molecule has 12 aromatic rings. The Balaban J connectivity index is 1.24. The minimum absolute atomic E-state index is 0.905. The highest BCUT2D eigenvalue weighted by Gasteiger charge is 2.21. The van der Waals surface area contributed by atoms with Gasteiger partial charge in [0.2, 0.25) is 0 Å². The molecule has 0 aliphatic heterocycles. The molecule has 0 N–H and O–H groups in total. The third kappa shape index (κ3) is 3.70. The molecule has 51 heavy (non-hydrogen) atoms. The van der Waals surface area contributed by atoms with Gasteiger partial charge >= 0.3 is 0 Å². The summed E-state index contributed by atoms with van der Waals surface area (Å²) in [7, 11) is 0. The Labute approximate surface area is 292 Å². The van der Waals surface area contributed by atoms with Crippen LogP contribution in [0.3, 0.4) is 0 Å². The number of fused-ring (bicyclic) bond motifs is 10. The summed E-state index contributed by atoms with van der Waals surface area (Å²) >= 11 is 0. The third-order valence-corrected chi connectivity index (χ3v) is 11.3. The van der Waals surface area contributed by atoms with E-state index in [1.165, 1.54) is 86.7 Å². The van der Waals surface area contributed by atoms with Crippen molar-refractivity contribution in [2.45, 2.75) is 0 Å². The maximum Gasteiger partial charge on any atom is 0.143 e. The number of hydrogen-bond donors (Lipinski definition) is 0. The van der Waals surface area contributed by atoms with Crippen LogP contribution in [0.5, 0.6) is 0 Å². The Hall–Kier alpha value is -6.70. The van der Waals surface area contributed by atoms with Crippen molar-refractivity contribution in [1.29, 1.82) is 0 Å². The first-order chi connectivity index (χ1) is 25.3. The molecule has 1 aromatic heterocycles. The van der Waals surface area contributed by atoms with E-state index < -0.39 is 0 Å². The van der Waals surface area contributed by atoms with Crippen molar-refractivity contribution < 1.29 is 4.42 Å². The molecule has 0 unspecified atom stereocenters. The van der Waals surface area contributed by atoms with Crippen molar-refractivity contribution in [2.24, 2.45) is 0 Å². The zero-order valence-electron chi connectivity index (χ0n) is 27.6. The van der Waals surface area contributed by atoms with E-state index in [2.05, 4.69) is 170 Å². The number of hydrogen-bond acceptors (Lipinski definition) is 1. The molecular formula is C50H28O. The highest BCUT2D eigenvalue weighted by atomic mass is 16.3. The van der Waals surface area contributed by atoms with Gasteiger partial charge in [0.05, 0.1) is 0 Å². The number of benzene rings is 11. The van der Waals surface area contributed by atoms with E-state index >= 15 is 0 Å². The second kappa shape index (κ2) is 9.94. The third-order valence-electron chi connectivity index (χ3n) is 11.3. The average molecular weight is 645 g/mol. The fraction of sp³-hybridized carbons (Fsp3) is 0. The highest BCUT2D eigenvalue weighted by molar-refractivity contribution is 6.29. The summed E-state index contributed by atoms with van der Waals surface area (Å²) < 4.78 is 6.97. The maximum atomic E-state index is 6.97. The molecule has 1 nitrogen and oxygen atoms in total. The van der Waals surface area contributed by atoms with Crippen LogP contribution < -0.4 is 0 Å². The van der Waals surface area contributed by atoms with E-state index in [0.29, 0.717) is 0 Å². The Morgan fingerprint density at radius 1 is 0.275 bits per heavy atom. The molecule has 0 atom stereocenters. The lowest BCUT2D eigenvalue weighted by molar-refractivity contribution is 0.673. The van der Waals surface area contributed by atoms with Gasteiger partial charge in [0.25, 0.3) is 0 Å². The Kier molecular flexibility index (Phi) is 5.29. The quantitative estimate of drug-likeness (QED) is 0.171. The molecule has 234 valence electrons. The maximum absolute atomic E-state index is 6.97. The molecule has 11 aromatic carbocycles. The monoisotopic (exact) mass is 644 g/mol. The molecule has 0 saturated carbocycles. The summed E-state index contributed by atoms with van der Waals surface area (Å²) in [6, 6.07) is 62.6. The Morgan fingerprint density at radius 2 is 0.863 bits per heavy atom. The molecule has 0 fully saturated rings. The summed E-state index contributed by atoms with van der Waals surface area (Å²) in [5.41, 5.74) is 6.62. The number of furan rings is 1.